The molecule has 0 amide bonds. The number of hydrogen-bond acceptors (Lipinski definition) is 6. The van der Waals surface area contributed by atoms with Gasteiger partial charge in [0.15, 0.2) is 5.69 Å². The summed E-state index contributed by atoms with van der Waals surface area (Å²) in [6, 6.07) is 2.17. The van der Waals surface area contributed by atoms with Crippen LogP contribution in [0.25, 0.3) is 0 Å². The second kappa shape index (κ2) is 5.61. The summed E-state index contributed by atoms with van der Waals surface area (Å²) in [6.07, 6.45) is 0.336. The van der Waals surface area contributed by atoms with Crippen molar-refractivity contribution >= 4 is 17.5 Å². The van der Waals surface area contributed by atoms with Crippen molar-refractivity contribution in [2.45, 2.75) is 25.8 Å². The molecule has 3 N–H and O–H groups in total. The van der Waals surface area contributed by atoms with Gasteiger partial charge in [-0.05, 0) is 26.3 Å². The number of nitrogens with zero attached hydrogens (tertiary/aromatic N) is 2. The van der Waals surface area contributed by atoms with Crippen molar-refractivity contribution in [2.24, 2.45) is 0 Å². The number of aromatic nitrogens is 1. The average molecular weight is 269 g/mol. The largest absolute Gasteiger partial charge is 0.477 e. The van der Waals surface area contributed by atoms with Crippen LogP contribution in [0.2, 0.25) is 0 Å². The number of carboxylic acid groups (broad SMARTS) is 1. The second-order valence-electron chi connectivity index (χ2n) is 4.61. The third kappa shape index (κ3) is 3.88. The van der Waals surface area contributed by atoms with Crippen LogP contribution in [0.4, 0.5) is 11.5 Å². The van der Waals surface area contributed by atoms with Gasteiger partial charge in [0.25, 0.3) is 0 Å². The van der Waals surface area contributed by atoms with Gasteiger partial charge in [-0.1, -0.05) is 0 Å². The number of carbonyl (C=O) groups is 1. The number of hydrogen-bond donors (Lipinski definition) is 3. The Hall–Kier alpha value is -2.22. The lowest BCUT2D eigenvalue weighted by molar-refractivity contribution is -0.384. The number of carboxylic acids is 1. The first-order valence-corrected chi connectivity index (χ1v) is 5.54. The van der Waals surface area contributed by atoms with Crippen LogP contribution < -0.4 is 5.32 Å². The van der Waals surface area contributed by atoms with Gasteiger partial charge in [-0.2, -0.15) is 0 Å². The van der Waals surface area contributed by atoms with Crippen molar-refractivity contribution in [3.8, 4) is 0 Å². The first-order chi connectivity index (χ1) is 8.76. The van der Waals surface area contributed by atoms with Gasteiger partial charge in [-0.25, -0.2) is 9.78 Å². The summed E-state index contributed by atoms with van der Waals surface area (Å²) in [4.78, 5) is 24.8. The molecule has 0 aliphatic heterocycles. The van der Waals surface area contributed by atoms with E-state index in [9.17, 15) is 14.9 Å². The summed E-state index contributed by atoms with van der Waals surface area (Å²) in [5.41, 5.74) is -1.24. The maximum atomic E-state index is 10.9. The van der Waals surface area contributed by atoms with E-state index in [0.29, 0.717) is 6.42 Å². The number of nitro groups is 1. The van der Waals surface area contributed by atoms with Crippen LogP contribution in [0.1, 0.15) is 30.8 Å². The number of aliphatic hydroxyl groups is 1. The van der Waals surface area contributed by atoms with Crippen LogP contribution in [-0.2, 0) is 0 Å². The number of anilines is 1. The fourth-order valence-corrected chi connectivity index (χ4v) is 1.47. The molecule has 8 heteroatoms. The van der Waals surface area contributed by atoms with E-state index in [1.807, 2.05) is 0 Å². The molecule has 0 bridgehead atoms. The molecule has 0 unspecified atom stereocenters. The number of nitrogens with one attached hydrogen (secondary N) is 1. The van der Waals surface area contributed by atoms with Crippen molar-refractivity contribution in [3.05, 3.63) is 27.9 Å². The van der Waals surface area contributed by atoms with Crippen LogP contribution in [0.15, 0.2) is 12.1 Å². The van der Waals surface area contributed by atoms with E-state index in [1.54, 1.807) is 13.8 Å². The minimum Gasteiger partial charge on any atom is -0.477 e. The molecule has 8 nitrogen and oxygen atoms in total. The Morgan fingerprint density at radius 2 is 2.16 bits per heavy atom. The van der Waals surface area contributed by atoms with E-state index in [2.05, 4.69) is 10.3 Å². The van der Waals surface area contributed by atoms with Gasteiger partial charge in [-0.15, -0.1) is 0 Å². The van der Waals surface area contributed by atoms with E-state index >= 15 is 0 Å². The van der Waals surface area contributed by atoms with Gasteiger partial charge in [0.2, 0.25) is 5.82 Å². The average Bonchev–Trinajstić information content (AvgIpc) is 2.27. The predicted molar refractivity (Wildman–Crippen MR) is 67.3 cm³/mol. The Balaban J connectivity index is 3.18. The third-order valence-corrected chi connectivity index (χ3v) is 2.48. The molecule has 1 rings (SSSR count). The number of pyridine rings is 1. The third-order valence-electron chi connectivity index (χ3n) is 2.48. The van der Waals surface area contributed by atoms with Gasteiger partial charge < -0.3 is 15.5 Å². The molecule has 1 aromatic rings. The Kier molecular flexibility index (Phi) is 4.38. The van der Waals surface area contributed by atoms with Gasteiger partial charge in [-0.3, -0.25) is 10.1 Å². The molecule has 0 atom stereocenters. The topological polar surface area (TPSA) is 126 Å². The first kappa shape index (κ1) is 14.8. The van der Waals surface area contributed by atoms with Crippen molar-refractivity contribution in [2.75, 3.05) is 11.9 Å². The normalized spacial score (nSPS) is 11.1. The summed E-state index contributed by atoms with van der Waals surface area (Å²) in [6.45, 7) is 3.34. The zero-order valence-electron chi connectivity index (χ0n) is 10.6. The molecule has 19 heavy (non-hydrogen) atoms. The van der Waals surface area contributed by atoms with Gasteiger partial charge in [0, 0.05) is 18.2 Å². The van der Waals surface area contributed by atoms with Gasteiger partial charge in [0.1, 0.15) is 0 Å². The van der Waals surface area contributed by atoms with E-state index in [4.69, 9.17) is 10.2 Å². The maximum absolute atomic E-state index is 10.9. The molecule has 0 fully saturated rings. The fourth-order valence-electron chi connectivity index (χ4n) is 1.47. The Bertz CT molecular complexity index is 501. The van der Waals surface area contributed by atoms with Crippen molar-refractivity contribution in [1.82, 2.24) is 4.98 Å². The second-order valence-corrected chi connectivity index (χ2v) is 4.61. The molecule has 0 saturated carbocycles. The minimum atomic E-state index is -1.27. The molecule has 0 saturated heterocycles. The molecule has 0 radical (unpaired) electrons. The molecular weight excluding hydrogens is 254 g/mol. The monoisotopic (exact) mass is 269 g/mol. The Morgan fingerprint density at radius 1 is 1.53 bits per heavy atom. The zero-order valence-corrected chi connectivity index (χ0v) is 10.6. The van der Waals surface area contributed by atoms with Crippen LogP contribution in [0.3, 0.4) is 0 Å². The highest BCUT2D eigenvalue weighted by molar-refractivity contribution is 5.86. The number of aliphatic hydroxyl groups excluding tert-OH is 1. The predicted octanol–water partition coefficient (Wildman–Crippen LogP) is 1.26. The first-order valence-electron chi connectivity index (χ1n) is 5.54. The van der Waals surface area contributed by atoms with E-state index < -0.39 is 16.4 Å². The fraction of sp³-hybridized carbons (Fsp3) is 0.455. The molecular formula is C11H15N3O5. The SMILES string of the molecule is CC(C)(CCO)Nc1nc(C(=O)O)ccc1[N+](=O)[O-]. The summed E-state index contributed by atoms with van der Waals surface area (Å²) >= 11 is 0. The van der Waals surface area contributed by atoms with Crippen molar-refractivity contribution in [1.29, 1.82) is 0 Å². The minimum absolute atomic E-state index is 0.105. The summed E-state index contributed by atoms with van der Waals surface area (Å²) in [5, 5.41) is 31.4. The van der Waals surface area contributed by atoms with Gasteiger partial charge in [0.05, 0.1) is 4.92 Å². The number of rotatable bonds is 6. The van der Waals surface area contributed by atoms with Crippen LogP contribution >= 0.6 is 0 Å². The van der Waals surface area contributed by atoms with Crippen LogP contribution in [0, 0.1) is 10.1 Å². The Morgan fingerprint density at radius 3 is 2.63 bits per heavy atom. The molecule has 0 spiro atoms. The zero-order chi connectivity index (χ0) is 14.6. The summed E-state index contributed by atoms with van der Waals surface area (Å²) < 4.78 is 0. The smallest absolute Gasteiger partial charge is 0.354 e. The molecule has 1 aromatic heterocycles. The maximum Gasteiger partial charge on any atom is 0.354 e. The number of aromatic carboxylic acids is 1. The van der Waals surface area contributed by atoms with E-state index in [1.165, 1.54) is 0 Å². The van der Waals surface area contributed by atoms with Gasteiger partial charge >= 0.3 is 11.7 Å². The lowest BCUT2D eigenvalue weighted by Gasteiger charge is -2.25. The molecule has 1 heterocycles. The van der Waals surface area contributed by atoms with Crippen LogP contribution in [0.5, 0.6) is 0 Å². The molecule has 0 aliphatic carbocycles. The lowest BCUT2D eigenvalue weighted by Crippen LogP contribution is -2.33. The highest BCUT2D eigenvalue weighted by Crippen LogP contribution is 2.26. The molecule has 104 valence electrons. The van der Waals surface area contributed by atoms with Crippen molar-refractivity contribution < 1.29 is 19.9 Å². The van der Waals surface area contributed by atoms with E-state index in [0.717, 1.165) is 12.1 Å². The lowest BCUT2D eigenvalue weighted by atomic mass is 10.0. The molecule has 0 aliphatic rings. The highest BCUT2D eigenvalue weighted by Gasteiger charge is 2.24. The highest BCUT2D eigenvalue weighted by atomic mass is 16.6. The molecule has 0 aromatic carbocycles. The summed E-state index contributed by atoms with van der Waals surface area (Å²) in [7, 11) is 0. The quantitative estimate of drug-likeness (QED) is 0.524. The van der Waals surface area contributed by atoms with E-state index in [-0.39, 0.29) is 23.8 Å². The summed E-state index contributed by atoms with van der Waals surface area (Å²) in [5.74, 6) is -1.39. The standard InChI is InChI=1S/C11H15N3O5/c1-11(2,5-6-15)13-9-8(14(18)19)4-3-7(12-9)10(16)17/h3-4,15H,5-6H2,1-2H3,(H,12,13)(H,16,17). The van der Waals surface area contributed by atoms with Crippen LogP contribution in [-0.4, -0.2) is 38.2 Å². The van der Waals surface area contributed by atoms with Crippen molar-refractivity contribution in [3.63, 3.8) is 0 Å². The Labute approximate surface area is 109 Å².